The fraction of sp³-hybridized carbons (Fsp3) is 0.333. The standard InChI is InChI=1S/C18H18N4O2S/c1-11-3-2-4-13-16(11)19-10-22(17(13)24)8-7-15(23)21-18-20-14(9-25-18)12-5-6-12/h2-4,9-10,12H,5-8H2,1H3,(H,20,21,23). The van der Waals surface area contributed by atoms with Crippen LogP contribution in [-0.2, 0) is 11.3 Å². The quantitative estimate of drug-likeness (QED) is 0.764. The molecule has 2 heterocycles. The van der Waals surface area contributed by atoms with E-state index in [0.717, 1.165) is 11.3 Å². The number of para-hydroxylation sites is 1. The van der Waals surface area contributed by atoms with Gasteiger partial charge in [0.2, 0.25) is 5.91 Å². The van der Waals surface area contributed by atoms with Crippen LogP contribution in [0.1, 0.15) is 36.4 Å². The highest BCUT2D eigenvalue weighted by Crippen LogP contribution is 2.40. The third-order valence-corrected chi connectivity index (χ3v) is 5.17. The number of amides is 1. The molecule has 0 saturated heterocycles. The number of hydrogen-bond acceptors (Lipinski definition) is 5. The van der Waals surface area contributed by atoms with Gasteiger partial charge in [0.1, 0.15) is 0 Å². The Bertz CT molecular complexity index is 1000. The summed E-state index contributed by atoms with van der Waals surface area (Å²) in [6.45, 7) is 2.22. The largest absolute Gasteiger partial charge is 0.302 e. The van der Waals surface area contributed by atoms with E-state index in [0.29, 0.717) is 28.5 Å². The van der Waals surface area contributed by atoms with Crippen molar-refractivity contribution in [2.75, 3.05) is 5.32 Å². The Balaban J connectivity index is 1.43. The molecule has 0 radical (unpaired) electrons. The van der Waals surface area contributed by atoms with Gasteiger partial charge >= 0.3 is 0 Å². The minimum Gasteiger partial charge on any atom is -0.302 e. The number of anilines is 1. The van der Waals surface area contributed by atoms with Crippen molar-refractivity contribution in [3.8, 4) is 0 Å². The summed E-state index contributed by atoms with van der Waals surface area (Å²) in [5.74, 6) is 0.431. The first-order valence-corrected chi connectivity index (χ1v) is 9.20. The van der Waals surface area contributed by atoms with Crippen LogP contribution in [0.3, 0.4) is 0 Å². The molecule has 6 nitrogen and oxygen atoms in total. The van der Waals surface area contributed by atoms with E-state index < -0.39 is 0 Å². The van der Waals surface area contributed by atoms with Crippen LogP contribution >= 0.6 is 11.3 Å². The lowest BCUT2D eigenvalue weighted by Gasteiger charge is -2.07. The second-order valence-electron chi connectivity index (χ2n) is 6.36. The van der Waals surface area contributed by atoms with Crippen LogP contribution in [0.2, 0.25) is 0 Å². The van der Waals surface area contributed by atoms with Crippen LogP contribution in [0.5, 0.6) is 0 Å². The number of aryl methyl sites for hydroxylation is 2. The van der Waals surface area contributed by atoms with E-state index in [-0.39, 0.29) is 17.9 Å². The number of hydrogen-bond donors (Lipinski definition) is 1. The number of nitrogens with one attached hydrogen (secondary N) is 1. The van der Waals surface area contributed by atoms with Gasteiger partial charge in [-0.25, -0.2) is 9.97 Å². The van der Waals surface area contributed by atoms with Crippen LogP contribution in [0.25, 0.3) is 10.9 Å². The van der Waals surface area contributed by atoms with Gasteiger partial charge < -0.3 is 5.32 Å². The first-order chi connectivity index (χ1) is 12.1. The summed E-state index contributed by atoms with van der Waals surface area (Å²) in [4.78, 5) is 33.4. The van der Waals surface area contributed by atoms with Gasteiger partial charge in [0.15, 0.2) is 5.13 Å². The summed E-state index contributed by atoms with van der Waals surface area (Å²) in [6, 6.07) is 5.54. The second kappa shape index (κ2) is 6.40. The molecule has 0 spiro atoms. The Kier molecular flexibility index (Phi) is 4.09. The molecule has 0 bridgehead atoms. The molecule has 1 aliphatic rings. The van der Waals surface area contributed by atoms with Crippen molar-refractivity contribution >= 4 is 33.3 Å². The number of nitrogens with zero attached hydrogens (tertiary/aromatic N) is 3. The molecule has 0 aliphatic heterocycles. The van der Waals surface area contributed by atoms with E-state index in [9.17, 15) is 9.59 Å². The smallest absolute Gasteiger partial charge is 0.261 e. The zero-order valence-corrected chi connectivity index (χ0v) is 14.7. The maximum absolute atomic E-state index is 12.5. The molecule has 2 aromatic heterocycles. The zero-order chi connectivity index (χ0) is 17.4. The van der Waals surface area contributed by atoms with E-state index in [1.54, 1.807) is 6.07 Å². The van der Waals surface area contributed by atoms with Crippen LogP contribution in [0.15, 0.2) is 34.7 Å². The van der Waals surface area contributed by atoms with Crippen LogP contribution in [0, 0.1) is 6.92 Å². The van der Waals surface area contributed by atoms with Crippen LogP contribution in [-0.4, -0.2) is 20.4 Å². The van der Waals surface area contributed by atoms with Gasteiger partial charge in [-0.15, -0.1) is 11.3 Å². The number of benzene rings is 1. The summed E-state index contributed by atoms with van der Waals surface area (Å²) in [5, 5.41) is 6.03. The molecule has 25 heavy (non-hydrogen) atoms. The predicted octanol–water partition coefficient (Wildman–Crippen LogP) is 3.07. The molecule has 1 fully saturated rings. The van der Waals surface area contributed by atoms with Crippen molar-refractivity contribution in [1.82, 2.24) is 14.5 Å². The van der Waals surface area contributed by atoms with E-state index in [4.69, 9.17) is 0 Å². The van der Waals surface area contributed by atoms with Gasteiger partial charge in [-0.05, 0) is 31.4 Å². The van der Waals surface area contributed by atoms with Gasteiger partial charge in [-0.3, -0.25) is 14.2 Å². The highest BCUT2D eigenvalue weighted by molar-refractivity contribution is 7.13. The third kappa shape index (κ3) is 3.32. The number of fused-ring (bicyclic) bond motifs is 1. The molecule has 1 saturated carbocycles. The zero-order valence-electron chi connectivity index (χ0n) is 13.9. The summed E-state index contributed by atoms with van der Waals surface area (Å²) in [6.07, 6.45) is 4.10. The van der Waals surface area contributed by atoms with Crippen molar-refractivity contribution < 1.29 is 4.79 Å². The fourth-order valence-electron chi connectivity index (χ4n) is 2.81. The second-order valence-corrected chi connectivity index (χ2v) is 7.22. The van der Waals surface area contributed by atoms with Gasteiger partial charge in [0.05, 0.1) is 22.9 Å². The molecule has 128 valence electrons. The molecule has 3 aromatic rings. The summed E-state index contributed by atoms with van der Waals surface area (Å²) < 4.78 is 1.48. The third-order valence-electron chi connectivity index (χ3n) is 4.40. The van der Waals surface area contributed by atoms with Crippen molar-refractivity contribution in [3.63, 3.8) is 0 Å². The van der Waals surface area contributed by atoms with Crippen LogP contribution < -0.4 is 10.9 Å². The summed E-state index contributed by atoms with van der Waals surface area (Å²) in [5.41, 5.74) is 2.63. The lowest BCUT2D eigenvalue weighted by atomic mass is 10.1. The number of carbonyl (C=O) groups is 1. The van der Waals surface area contributed by atoms with E-state index in [2.05, 4.69) is 15.3 Å². The molecular formula is C18H18N4O2S. The molecule has 1 N–H and O–H groups in total. The lowest BCUT2D eigenvalue weighted by Crippen LogP contribution is -2.23. The summed E-state index contributed by atoms with van der Waals surface area (Å²) >= 11 is 1.45. The van der Waals surface area contributed by atoms with Crippen molar-refractivity contribution in [2.24, 2.45) is 0 Å². The number of aromatic nitrogens is 3. The fourth-order valence-corrected chi connectivity index (χ4v) is 3.62. The first-order valence-electron chi connectivity index (χ1n) is 8.32. The molecule has 4 rings (SSSR count). The Morgan fingerprint density at radius 2 is 2.24 bits per heavy atom. The van der Waals surface area contributed by atoms with Gasteiger partial charge in [0, 0.05) is 24.3 Å². The van der Waals surface area contributed by atoms with Gasteiger partial charge in [-0.1, -0.05) is 12.1 Å². The molecule has 0 atom stereocenters. The highest BCUT2D eigenvalue weighted by Gasteiger charge is 2.26. The molecular weight excluding hydrogens is 336 g/mol. The maximum Gasteiger partial charge on any atom is 0.261 e. The highest BCUT2D eigenvalue weighted by atomic mass is 32.1. The van der Waals surface area contributed by atoms with Gasteiger partial charge in [0.25, 0.3) is 5.56 Å². The molecule has 1 aromatic carbocycles. The van der Waals surface area contributed by atoms with Crippen molar-refractivity contribution in [2.45, 2.75) is 38.6 Å². The Labute approximate surface area is 148 Å². The molecule has 0 unspecified atom stereocenters. The number of carbonyl (C=O) groups excluding carboxylic acids is 1. The lowest BCUT2D eigenvalue weighted by molar-refractivity contribution is -0.116. The maximum atomic E-state index is 12.5. The first kappa shape index (κ1) is 16.0. The topological polar surface area (TPSA) is 76.9 Å². The SMILES string of the molecule is Cc1cccc2c(=O)n(CCC(=O)Nc3nc(C4CC4)cs3)cnc12. The predicted molar refractivity (Wildman–Crippen MR) is 98.1 cm³/mol. The average Bonchev–Trinajstić information content (AvgIpc) is 3.35. The van der Waals surface area contributed by atoms with Gasteiger partial charge in [-0.2, -0.15) is 0 Å². The Morgan fingerprint density at radius 3 is 3.04 bits per heavy atom. The van der Waals surface area contributed by atoms with E-state index in [1.807, 2.05) is 24.4 Å². The van der Waals surface area contributed by atoms with Crippen molar-refractivity contribution in [3.05, 3.63) is 51.5 Å². The van der Waals surface area contributed by atoms with Crippen molar-refractivity contribution in [1.29, 1.82) is 0 Å². The van der Waals surface area contributed by atoms with Crippen LogP contribution in [0.4, 0.5) is 5.13 Å². The monoisotopic (exact) mass is 354 g/mol. The Morgan fingerprint density at radius 1 is 1.40 bits per heavy atom. The average molecular weight is 354 g/mol. The molecule has 1 amide bonds. The normalized spacial score (nSPS) is 14.0. The minimum atomic E-state index is -0.145. The molecule has 7 heteroatoms. The van der Waals surface area contributed by atoms with E-state index in [1.165, 1.54) is 35.1 Å². The Hall–Kier alpha value is -2.54. The number of rotatable bonds is 5. The summed E-state index contributed by atoms with van der Waals surface area (Å²) in [7, 11) is 0. The minimum absolute atomic E-state index is 0.119. The molecule has 1 aliphatic carbocycles. The van der Waals surface area contributed by atoms with E-state index >= 15 is 0 Å². The number of thiazole rings is 1.